The van der Waals surface area contributed by atoms with E-state index in [1.54, 1.807) is 0 Å². The van der Waals surface area contributed by atoms with Gasteiger partial charge < -0.3 is 15.5 Å². The summed E-state index contributed by atoms with van der Waals surface area (Å²) in [5, 5.41) is 0. The normalized spacial score (nSPS) is 31.8. The molecule has 6 nitrogen and oxygen atoms in total. The van der Waals surface area contributed by atoms with E-state index in [4.69, 9.17) is 5.73 Å². The number of piperazine rings is 1. The van der Waals surface area contributed by atoms with Crippen molar-refractivity contribution in [3.05, 3.63) is 29.8 Å². The number of nitrogens with two attached hydrogens (primary N) is 1. The number of rotatable bonds is 3. The van der Waals surface area contributed by atoms with Crippen molar-refractivity contribution in [3.8, 4) is 0 Å². The van der Waals surface area contributed by atoms with Crippen LogP contribution < -0.4 is 10.6 Å². The maximum absolute atomic E-state index is 13.1. The Bertz CT molecular complexity index is 787. The van der Waals surface area contributed by atoms with Crippen LogP contribution in [0, 0.1) is 17.8 Å². The van der Waals surface area contributed by atoms with Gasteiger partial charge in [0, 0.05) is 44.5 Å². The molecule has 4 aliphatic rings. The predicted molar refractivity (Wildman–Crippen MR) is 112 cm³/mol. The summed E-state index contributed by atoms with van der Waals surface area (Å²) in [5.41, 5.74) is 8.72. The van der Waals surface area contributed by atoms with Crippen molar-refractivity contribution in [3.63, 3.8) is 0 Å². The summed E-state index contributed by atoms with van der Waals surface area (Å²) >= 11 is 0. The minimum absolute atomic E-state index is 0.0341. The molecule has 2 aliphatic carbocycles. The van der Waals surface area contributed by atoms with Crippen LogP contribution in [-0.2, 0) is 16.0 Å². The third kappa shape index (κ3) is 3.46. The Morgan fingerprint density at radius 1 is 1.00 bits per heavy atom. The van der Waals surface area contributed by atoms with Gasteiger partial charge in [0.1, 0.15) is 0 Å². The summed E-state index contributed by atoms with van der Waals surface area (Å²) in [5.74, 6) is 1.53. The van der Waals surface area contributed by atoms with Gasteiger partial charge in [0.15, 0.2) is 0 Å². The molecule has 2 amide bonds. The van der Waals surface area contributed by atoms with Crippen molar-refractivity contribution in [2.45, 2.75) is 38.1 Å². The maximum atomic E-state index is 13.1. The summed E-state index contributed by atoms with van der Waals surface area (Å²) in [6, 6.07) is 8.29. The standard InChI is InChI=1S/C23H32N4O2/c24-22-18-8-7-17(14-18)21(22)23(29)26-12-10-25(11-13-26)15-20(28)27-9-3-5-16-4-1-2-6-19(16)27/h1-2,4,6,17-18,21-22H,3,5,7-15,24H2. The van der Waals surface area contributed by atoms with Crippen molar-refractivity contribution in [1.82, 2.24) is 9.80 Å². The highest BCUT2D eigenvalue weighted by Gasteiger charge is 2.50. The molecule has 2 heterocycles. The zero-order chi connectivity index (χ0) is 20.0. The number of nitrogens with zero attached hydrogens (tertiary/aromatic N) is 3. The Hall–Kier alpha value is -1.92. The third-order valence-electron chi connectivity index (χ3n) is 7.72. The van der Waals surface area contributed by atoms with Gasteiger partial charge in [0.2, 0.25) is 11.8 Å². The molecule has 4 atom stereocenters. The van der Waals surface area contributed by atoms with Gasteiger partial charge in [-0.2, -0.15) is 0 Å². The molecule has 156 valence electrons. The molecular weight excluding hydrogens is 364 g/mol. The number of carbonyl (C=O) groups excluding carboxylic acids is 2. The second-order valence-corrected chi connectivity index (χ2v) is 9.32. The van der Waals surface area contributed by atoms with Gasteiger partial charge in [-0.25, -0.2) is 0 Å². The van der Waals surface area contributed by atoms with E-state index in [1.165, 1.54) is 18.4 Å². The van der Waals surface area contributed by atoms with Crippen LogP contribution in [0.5, 0.6) is 0 Å². The fourth-order valence-corrected chi connectivity index (χ4v) is 6.11. The van der Waals surface area contributed by atoms with E-state index < -0.39 is 0 Å². The van der Waals surface area contributed by atoms with Crippen LogP contribution in [-0.4, -0.2) is 66.9 Å². The summed E-state index contributed by atoms with van der Waals surface area (Å²) in [6.07, 6.45) is 5.58. The number of hydrogen-bond acceptors (Lipinski definition) is 4. The fourth-order valence-electron chi connectivity index (χ4n) is 6.11. The van der Waals surface area contributed by atoms with E-state index in [9.17, 15) is 9.59 Å². The van der Waals surface area contributed by atoms with E-state index in [1.807, 2.05) is 21.9 Å². The van der Waals surface area contributed by atoms with Gasteiger partial charge in [-0.15, -0.1) is 0 Å². The molecule has 0 aromatic heterocycles. The zero-order valence-electron chi connectivity index (χ0n) is 17.1. The minimum atomic E-state index is 0.0341. The summed E-state index contributed by atoms with van der Waals surface area (Å²) < 4.78 is 0. The second-order valence-electron chi connectivity index (χ2n) is 9.32. The topological polar surface area (TPSA) is 69.9 Å². The summed E-state index contributed by atoms with van der Waals surface area (Å²) in [6.45, 7) is 4.19. The Labute approximate surface area is 173 Å². The Morgan fingerprint density at radius 3 is 2.52 bits per heavy atom. The molecule has 2 bridgehead atoms. The Balaban J connectivity index is 1.16. The summed E-state index contributed by atoms with van der Waals surface area (Å²) in [4.78, 5) is 32.2. The van der Waals surface area contributed by atoms with Crippen molar-refractivity contribution in [2.75, 3.05) is 44.2 Å². The number of fused-ring (bicyclic) bond motifs is 3. The average molecular weight is 397 g/mol. The van der Waals surface area contributed by atoms with E-state index in [0.29, 0.717) is 31.5 Å². The molecule has 29 heavy (non-hydrogen) atoms. The van der Waals surface area contributed by atoms with Crippen LogP contribution in [0.4, 0.5) is 5.69 Å². The van der Waals surface area contributed by atoms with E-state index >= 15 is 0 Å². The lowest BCUT2D eigenvalue weighted by Crippen LogP contribution is -2.55. The van der Waals surface area contributed by atoms with Crippen LogP contribution in [0.25, 0.3) is 0 Å². The predicted octanol–water partition coefficient (Wildman–Crippen LogP) is 1.48. The molecule has 6 heteroatoms. The number of amides is 2. The first-order chi connectivity index (χ1) is 14.1. The molecule has 2 saturated carbocycles. The zero-order valence-corrected chi connectivity index (χ0v) is 17.1. The van der Waals surface area contributed by atoms with Gasteiger partial charge in [-0.3, -0.25) is 14.5 Å². The van der Waals surface area contributed by atoms with Crippen LogP contribution in [0.3, 0.4) is 0 Å². The number of hydrogen-bond donors (Lipinski definition) is 1. The van der Waals surface area contributed by atoms with Gasteiger partial charge in [0.25, 0.3) is 0 Å². The Morgan fingerprint density at radius 2 is 1.76 bits per heavy atom. The van der Waals surface area contributed by atoms with E-state index in [0.717, 1.165) is 44.6 Å². The van der Waals surface area contributed by atoms with Gasteiger partial charge >= 0.3 is 0 Å². The van der Waals surface area contributed by atoms with E-state index in [-0.39, 0.29) is 23.8 Å². The molecule has 0 spiro atoms. The largest absolute Gasteiger partial charge is 0.340 e. The Kier molecular flexibility index (Phi) is 5.08. The van der Waals surface area contributed by atoms with Crippen LogP contribution in [0.2, 0.25) is 0 Å². The van der Waals surface area contributed by atoms with Crippen LogP contribution in [0.1, 0.15) is 31.2 Å². The minimum Gasteiger partial charge on any atom is -0.340 e. The van der Waals surface area contributed by atoms with Crippen molar-refractivity contribution >= 4 is 17.5 Å². The smallest absolute Gasteiger partial charge is 0.241 e. The fraction of sp³-hybridized carbons (Fsp3) is 0.652. The SMILES string of the molecule is NC1C2CCC(C2)C1C(=O)N1CCN(CC(=O)N2CCCc3ccccc32)CC1. The lowest BCUT2D eigenvalue weighted by atomic mass is 9.84. The molecule has 2 N–H and O–H groups in total. The molecule has 1 aromatic rings. The molecule has 4 unspecified atom stereocenters. The van der Waals surface area contributed by atoms with Crippen molar-refractivity contribution < 1.29 is 9.59 Å². The van der Waals surface area contributed by atoms with Gasteiger partial charge in [-0.05, 0) is 55.6 Å². The quantitative estimate of drug-likeness (QED) is 0.840. The third-order valence-corrected chi connectivity index (χ3v) is 7.72. The van der Waals surface area contributed by atoms with Crippen molar-refractivity contribution in [2.24, 2.45) is 23.5 Å². The first kappa shape index (κ1) is 19.1. The summed E-state index contributed by atoms with van der Waals surface area (Å²) in [7, 11) is 0. The molecule has 0 radical (unpaired) electrons. The van der Waals surface area contributed by atoms with Crippen LogP contribution >= 0.6 is 0 Å². The lowest BCUT2D eigenvalue weighted by molar-refractivity contribution is -0.139. The number of carbonyl (C=O) groups is 2. The molecule has 1 saturated heterocycles. The molecular formula is C23H32N4O2. The van der Waals surface area contributed by atoms with Gasteiger partial charge in [0.05, 0.1) is 12.5 Å². The highest BCUT2D eigenvalue weighted by atomic mass is 16.2. The van der Waals surface area contributed by atoms with Gasteiger partial charge in [-0.1, -0.05) is 18.2 Å². The number of benzene rings is 1. The number of para-hydroxylation sites is 1. The highest BCUT2D eigenvalue weighted by Crippen LogP contribution is 2.48. The highest BCUT2D eigenvalue weighted by molar-refractivity contribution is 5.96. The van der Waals surface area contributed by atoms with Crippen molar-refractivity contribution in [1.29, 1.82) is 0 Å². The lowest BCUT2D eigenvalue weighted by Gasteiger charge is -2.39. The molecule has 5 rings (SSSR count). The average Bonchev–Trinajstić information content (AvgIpc) is 3.35. The molecule has 1 aromatic carbocycles. The first-order valence-electron chi connectivity index (χ1n) is 11.3. The number of aryl methyl sites for hydroxylation is 1. The molecule has 3 fully saturated rings. The van der Waals surface area contributed by atoms with E-state index in [2.05, 4.69) is 17.0 Å². The van der Waals surface area contributed by atoms with Crippen LogP contribution in [0.15, 0.2) is 24.3 Å². The monoisotopic (exact) mass is 396 g/mol. The molecule has 2 aliphatic heterocycles. The maximum Gasteiger partial charge on any atom is 0.241 e. The first-order valence-corrected chi connectivity index (χ1v) is 11.3. The number of anilines is 1. The second kappa shape index (κ2) is 7.73.